The number of imidazole rings is 2. The van der Waals surface area contributed by atoms with Crippen LogP contribution in [0.3, 0.4) is 0 Å². The Morgan fingerprint density at radius 3 is 2.56 bits per heavy atom. The number of nitrogens with zero attached hydrogens (tertiary/aromatic N) is 8. The van der Waals surface area contributed by atoms with Crippen molar-refractivity contribution in [2.45, 2.75) is 31.2 Å². The molecule has 4 aromatic heterocycles. The van der Waals surface area contributed by atoms with Gasteiger partial charge in [0.15, 0.2) is 11.5 Å². The number of aliphatic hydroxyl groups is 1. The summed E-state index contributed by atoms with van der Waals surface area (Å²) in [7, 11) is 0. The number of likely N-dealkylation sites (tertiary alicyclic amines) is 1. The molecule has 5 aromatic rings. The molecule has 1 atom stereocenters. The number of piperidine rings is 1. The van der Waals surface area contributed by atoms with Crippen LogP contribution in [0.1, 0.15) is 36.7 Å². The third-order valence-corrected chi connectivity index (χ3v) is 9.88. The molecule has 1 fully saturated rings. The largest absolute Gasteiger partial charge is 0.395 e. The summed E-state index contributed by atoms with van der Waals surface area (Å²) in [6.45, 7) is 4.43. The SMILES string of the molecule is CC1=C(C(N)=O)SC(c2ccncc2)N1c1cn2nc(-c3c(-c4ccc(F)cc4)ncn3C3CCN(CCO)CC3)ccc2n1. The van der Waals surface area contributed by atoms with Gasteiger partial charge in [0.25, 0.3) is 5.91 Å². The van der Waals surface area contributed by atoms with Gasteiger partial charge in [0, 0.05) is 49.3 Å². The lowest BCUT2D eigenvalue weighted by Gasteiger charge is -2.32. The first-order chi connectivity index (χ1) is 21.9. The molecular weight excluding hydrogens is 593 g/mol. The van der Waals surface area contributed by atoms with Crippen molar-refractivity contribution in [1.82, 2.24) is 34.0 Å². The van der Waals surface area contributed by atoms with Gasteiger partial charge in [-0.2, -0.15) is 5.10 Å². The van der Waals surface area contributed by atoms with Crippen LogP contribution in [0, 0.1) is 5.82 Å². The average molecular weight is 626 g/mol. The molecule has 0 bridgehead atoms. The monoisotopic (exact) mass is 625 g/mol. The highest BCUT2D eigenvalue weighted by molar-refractivity contribution is 8.04. The molecule has 45 heavy (non-hydrogen) atoms. The zero-order valence-corrected chi connectivity index (χ0v) is 25.4. The van der Waals surface area contributed by atoms with Crippen LogP contribution in [-0.4, -0.2) is 71.3 Å². The van der Waals surface area contributed by atoms with E-state index in [1.54, 1.807) is 29.0 Å². The molecule has 0 saturated carbocycles. The van der Waals surface area contributed by atoms with Gasteiger partial charge in [-0.05, 0) is 73.9 Å². The maximum Gasteiger partial charge on any atom is 0.256 e. The Balaban J connectivity index is 1.30. The number of fused-ring (bicyclic) bond motifs is 1. The standard InChI is InChI=1S/C32H32FN9O2S/c1-20-30(31(34)44)45-32(22-8-12-35-13-9-22)42(20)27-18-41-26(37-27)7-6-25(38-41)29-28(21-2-4-23(33)5-3-21)36-19-40(29)24-10-14-39(15-11-24)16-17-43/h2-9,12-13,18-19,24,32,43H,10-11,14-17H2,1H3,(H2,34,44). The van der Waals surface area contributed by atoms with Gasteiger partial charge in [-0.25, -0.2) is 18.9 Å². The van der Waals surface area contributed by atoms with Gasteiger partial charge in [-0.1, -0.05) is 11.8 Å². The second kappa shape index (κ2) is 12.1. The number of amides is 1. The molecule has 0 aliphatic carbocycles. The predicted octanol–water partition coefficient (Wildman–Crippen LogP) is 4.39. The number of halogens is 1. The fourth-order valence-electron chi connectivity index (χ4n) is 6.19. The average Bonchev–Trinajstić information content (AvgIpc) is 3.77. The van der Waals surface area contributed by atoms with E-state index in [2.05, 4.69) is 14.5 Å². The molecule has 6 heterocycles. The number of aromatic nitrogens is 6. The number of hydrogen-bond donors (Lipinski definition) is 2. The van der Waals surface area contributed by atoms with Crippen molar-refractivity contribution in [3.63, 3.8) is 0 Å². The molecule has 11 nitrogen and oxygen atoms in total. The van der Waals surface area contributed by atoms with Crippen LogP contribution in [-0.2, 0) is 4.79 Å². The van der Waals surface area contributed by atoms with E-state index in [1.807, 2.05) is 48.6 Å². The van der Waals surface area contributed by atoms with Crippen LogP contribution < -0.4 is 10.6 Å². The molecule has 230 valence electrons. The van der Waals surface area contributed by atoms with E-state index >= 15 is 0 Å². The summed E-state index contributed by atoms with van der Waals surface area (Å²) in [5.41, 5.74) is 11.1. The normalized spacial score (nSPS) is 17.9. The summed E-state index contributed by atoms with van der Waals surface area (Å²) in [4.78, 5) is 30.9. The quantitative estimate of drug-likeness (QED) is 0.258. The Morgan fingerprint density at radius 1 is 1.09 bits per heavy atom. The highest BCUT2D eigenvalue weighted by atomic mass is 32.2. The fraction of sp³-hybridized carbons (Fsp3) is 0.281. The van der Waals surface area contributed by atoms with Gasteiger partial charge in [0.05, 0.1) is 35.4 Å². The third-order valence-electron chi connectivity index (χ3n) is 8.44. The number of allylic oxidation sites excluding steroid dienone is 1. The minimum absolute atomic E-state index is 0.144. The first kappa shape index (κ1) is 29.1. The van der Waals surface area contributed by atoms with Crippen molar-refractivity contribution >= 4 is 29.1 Å². The Morgan fingerprint density at radius 2 is 1.84 bits per heavy atom. The third kappa shape index (κ3) is 5.47. The van der Waals surface area contributed by atoms with Gasteiger partial charge in [-0.15, -0.1) is 0 Å². The second-order valence-corrected chi connectivity index (χ2v) is 12.3. The zero-order valence-electron chi connectivity index (χ0n) is 24.6. The molecule has 0 radical (unpaired) electrons. The summed E-state index contributed by atoms with van der Waals surface area (Å²) >= 11 is 1.39. The Labute approximate surface area is 263 Å². The molecule has 7 rings (SSSR count). The number of thioether (sulfide) groups is 1. The van der Waals surface area contributed by atoms with Gasteiger partial charge in [0.1, 0.15) is 16.9 Å². The molecule has 1 amide bonds. The number of pyridine rings is 1. The van der Waals surface area contributed by atoms with Crippen molar-refractivity contribution < 1.29 is 14.3 Å². The minimum atomic E-state index is -0.480. The number of hydrogen-bond acceptors (Lipinski definition) is 9. The highest BCUT2D eigenvalue weighted by Gasteiger charge is 2.36. The van der Waals surface area contributed by atoms with E-state index in [4.69, 9.17) is 20.8 Å². The van der Waals surface area contributed by atoms with Crippen LogP contribution in [0.2, 0.25) is 0 Å². The number of carbonyl (C=O) groups excluding carboxylic acids is 1. The van der Waals surface area contributed by atoms with Crippen molar-refractivity contribution in [3.8, 4) is 22.6 Å². The molecule has 13 heteroatoms. The molecule has 1 saturated heterocycles. The minimum Gasteiger partial charge on any atom is -0.395 e. The lowest BCUT2D eigenvalue weighted by molar-refractivity contribution is -0.113. The second-order valence-electron chi connectivity index (χ2n) is 11.2. The number of primary amides is 1. The first-order valence-corrected chi connectivity index (χ1v) is 15.7. The number of anilines is 1. The van der Waals surface area contributed by atoms with E-state index in [0.717, 1.165) is 54.1 Å². The topological polar surface area (TPSA) is 131 Å². The number of aliphatic hydroxyl groups excluding tert-OH is 1. The smallest absolute Gasteiger partial charge is 0.256 e. The molecule has 2 aliphatic heterocycles. The van der Waals surface area contributed by atoms with Gasteiger partial charge in [0.2, 0.25) is 0 Å². The Hall–Kier alpha value is -4.59. The molecule has 3 N–H and O–H groups in total. The van der Waals surface area contributed by atoms with Crippen LogP contribution in [0.5, 0.6) is 0 Å². The van der Waals surface area contributed by atoms with Crippen molar-refractivity contribution in [2.24, 2.45) is 5.73 Å². The van der Waals surface area contributed by atoms with Crippen molar-refractivity contribution in [3.05, 3.63) is 95.4 Å². The summed E-state index contributed by atoms with van der Waals surface area (Å²) in [6, 6.07) is 14.2. The molecule has 2 aliphatic rings. The summed E-state index contributed by atoms with van der Waals surface area (Å²) < 4.78 is 17.8. The highest BCUT2D eigenvalue weighted by Crippen LogP contribution is 2.49. The fourth-order valence-corrected chi connectivity index (χ4v) is 7.47. The maximum absolute atomic E-state index is 13.9. The molecule has 1 unspecified atom stereocenters. The first-order valence-electron chi connectivity index (χ1n) is 14.8. The van der Waals surface area contributed by atoms with E-state index in [1.165, 1.54) is 23.9 Å². The zero-order chi connectivity index (χ0) is 31.1. The Bertz CT molecular complexity index is 1880. The predicted molar refractivity (Wildman–Crippen MR) is 170 cm³/mol. The van der Waals surface area contributed by atoms with Crippen LogP contribution in [0.4, 0.5) is 10.2 Å². The molecule has 1 aromatic carbocycles. The number of rotatable bonds is 8. The summed E-state index contributed by atoms with van der Waals surface area (Å²) in [5.74, 6) is -0.159. The number of β-amino-alcohol motifs (C(OH)–C–C–N with tert-alkyl or cyclic N) is 1. The van der Waals surface area contributed by atoms with E-state index in [0.29, 0.717) is 28.6 Å². The summed E-state index contributed by atoms with van der Waals surface area (Å²) in [5, 5.41) is 14.2. The van der Waals surface area contributed by atoms with Gasteiger partial charge < -0.3 is 25.2 Å². The Kier molecular flexibility index (Phi) is 7.81. The maximum atomic E-state index is 13.9. The van der Waals surface area contributed by atoms with Crippen LogP contribution >= 0.6 is 11.8 Å². The number of carbonyl (C=O) groups is 1. The number of benzene rings is 1. The van der Waals surface area contributed by atoms with E-state index in [-0.39, 0.29) is 23.8 Å². The van der Waals surface area contributed by atoms with Crippen LogP contribution in [0.15, 0.2) is 84.1 Å². The van der Waals surface area contributed by atoms with Gasteiger partial charge >= 0.3 is 0 Å². The van der Waals surface area contributed by atoms with Crippen LogP contribution in [0.25, 0.3) is 28.3 Å². The van der Waals surface area contributed by atoms with Crippen molar-refractivity contribution in [2.75, 3.05) is 31.1 Å². The summed E-state index contributed by atoms with van der Waals surface area (Å²) in [6.07, 6.45) is 8.96. The number of nitrogens with two attached hydrogens (primary N) is 1. The van der Waals surface area contributed by atoms with E-state index < -0.39 is 5.91 Å². The molecule has 0 spiro atoms. The lowest BCUT2D eigenvalue weighted by atomic mass is 10.0. The van der Waals surface area contributed by atoms with E-state index in [9.17, 15) is 14.3 Å². The lowest BCUT2D eigenvalue weighted by Crippen LogP contribution is -2.36. The molecular formula is C32H32FN9O2S. The van der Waals surface area contributed by atoms with Gasteiger partial charge in [-0.3, -0.25) is 9.78 Å². The van der Waals surface area contributed by atoms with Crippen molar-refractivity contribution in [1.29, 1.82) is 0 Å².